The highest BCUT2D eigenvalue weighted by Crippen LogP contribution is 2.21. The van der Waals surface area contributed by atoms with Crippen molar-refractivity contribution < 1.29 is 0 Å². The quantitative estimate of drug-likeness (QED) is 0.468. The third kappa shape index (κ3) is 6.46. The summed E-state index contributed by atoms with van der Waals surface area (Å²) >= 11 is 0. The Labute approximate surface area is 89.0 Å². The average Bonchev–Trinajstić information content (AvgIpc) is 2.17. The van der Waals surface area contributed by atoms with Crippen LogP contribution < -0.4 is 0 Å². The van der Waals surface area contributed by atoms with E-state index < -0.39 is 0 Å². The molecule has 0 aromatic heterocycles. The van der Waals surface area contributed by atoms with E-state index in [9.17, 15) is 0 Å². The van der Waals surface area contributed by atoms with Crippen LogP contribution in [-0.2, 0) is 0 Å². The topological polar surface area (TPSA) is 0 Å². The molecule has 0 spiro atoms. The van der Waals surface area contributed by atoms with E-state index >= 15 is 0 Å². The normalized spacial score (nSPS) is 11.8. The summed E-state index contributed by atoms with van der Waals surface area (Å²) in [5.41, 5.74) is 0. The van der Waals surface area contributed by atoms with Gasteiger partial charge in [0.25, 0.3) is 0 Å². The van der Waals surface area contributed by atoms with Crippen LogP contribution in [0, 0.1) is 0 Å². The minimum absolute atomic E-state index is 0.305. The van der Waals surface area contributed by atoms with Crippen LogP contribution in [0.15, 0.2) is 0 Å². The Morgan fingerprint density at radius 1 is 1.31 bits per heavy atom. The summed E-state index contributed by atoms with van der Waals surface area (Å²) in [7, 11) is 17.2. The molecular weight excluding hydrogens is 149 g/mol. The molecule has 0 aliphatic carbocycles. The predicted molar refractivity (Wildman–Crippen MR) is 68.9 cm³/mol. The first-order valence-corrected chi connectivity index (χ1v) is 5.20. The maximum absolute atomic E-state index is 6.00. The monoisotopic (exact) mass is 165 g/mol. The fourth-order valence-electron chi connectivity index (χ4n) is 1.41. The van der Waals surface area contributed by atoms with E-state index in [1.54, 1.807) is 7.06 Å². The molecule has 0 aromatic rings. The SMILES string of the molecule is [B][B][B]CC(C[B]CC)B([B])CC. The number of hydrogen-bond acceptors (Lipinski definition) is 0. The minimum atomic E-state index is 0.305. The molecule has 0 rings (SSSR count). The zero-order valence-corrected chi connectivity index (χ0v) is 8.87. The molecule has 7 radical (unpaired) electrons. The fraction of sp³-hybridized carbons (Fsp3) is 1.00. The zero-order valence-electron chi connectivity index (χ0n) is 8.87. The first-order valence-electron chi connectivity index (χ1n) is 5.20. The highest BCUT2D eigenvalue weighted by molar-refractivity contribution is 7.24. The molecule has 1 atom stereocenters. The molecule has 6 heteroatoms. The van der Waals surface area contributed by atoms with Gasteiger partial charge in [-0.3, -0.25) is 0 Å². The molecule has 0 saturated heterocycles. The van der Waals surface area contributed by atoms with E-state index in [0.717, 1.165) is 25.3 Å². The van der Waals surface area contributed by atoms with Gasteiger partial charge in [-0.15, -0.1) is 0 Å². The standard InChI is InChI=1S/C7H15B6/c1-3-10-5-7(6-11-12-8)13(9)4-2/h7H,3-6H2,1-2H3. The molecule has 0 nitrogen and oxygen atoms in total. The Bertz CT molecular complexity index is 101. The lowest BCUT2D eigenvalue weighted by atomic mass is 9.17. The molecule has 0 saturated carbocycles. The third-order valence-electron chi connectivity index (χ3n) is 2.41. The minimum Gasteiger partial charge on any atom is -0.0943 e. The van der Waals surface area contributed by atoms with Crippen molar-refractivity contribution in [2.75, 3.05) is 0 Å². The van der Waals surface area contributed by atoms with E-state index in [1.807, 2.05) is 7.17 Å². The Morgan fingerprint density at radius 2 is 2.00 bits per heavy atom. The first kappa shape index (κ1) is 13.4. The summed E-state index contributed by atoms with van der Waals surface area (Å²) in [4.78, 5) is 0. The van der Waals surface area contributed by atoms with Gasteiger partial charge in [-0.25, -0.2) is 0 Å². The van der Waals surface area contributed by atoms with Gasteiger partial charge >= 0.3 is 0 Å². The highest BCUT2D eigenvalue weighted by atomic mass is 13.9. The second kappa shape index (κ2) is 8.96. The number of hydrogen-bond donors (Lipinski definition) is 0. The molecule has 0 fully saturated rings. The third-order valence-corrected chi connectivity index (χ3v) is 2.41. The maximum Gasteiger partial charge on any atom is 0.108 e. The van der Waals surface area contributed by atoms with Crippen molar-refractivity contribution in [3.63, 3.8) is 0 Å². The van der Waals surface area contributed by atoms with Crippen LogP contribution in [0.2, 0.25) is 31.1 Å². The summed E-state index contributed by atoms with van der Waals surface area (Å²) in [5.74, 6) is 0.560. The molecule has 13 heavy (non-hydrogen) atoms. The largest absolute Gasteiger partial charge is 0.108 e. The van der Waals surface area contributed by atoms with Gasteiger partial charge in [0.15, 0.2) is 0 Å². The molecule has 0 bridgehead atoms. The summed E-state index contributed by atoms with van der Waals surface area (Å²) in [6.45, 7) is 4.60. The lowest BCUT2D eigenvalue weighted by Gasteiger charge is -2.20. The average molecular weight is 164 g/mol. The van der Waals surface area contributed by atoms with Crippen molar-refractivity contribution >= 4 is 43.6 Å². The zero-order chi connectivity index (χ0) is 10.1. The molecule has 0 aliphatic rings. The summed E-state index contributed by atoms with van der Waals surface area (Å²) < 4.78 is 0. The van der Waals surface area contributed by atoms with Crippen molar-refractivity contribution in [1.29, 1.82) is 0 Å². The summed E-state index contributed by atoms with van der Waals surface area (Å²) in [6.07, 6.45) is 4.28. The summed E-state index contributed by atoms with van der Waals surface area (Å²) in [6, 6.07) is 0. The van der Waals surface area contributed by atoms with Crippen LogP contribution in [0.25, 0.3) is 0 Å². The Hall–Kier alpha value is 0.390. The van der Waals surface area contributed by atoms with E-state index in [4.69, 9.17) is 15.5 Å². The molecule has 61 valence electrons. The van der Waals surface area contributed by atoms with E-state index in [-0.39, 0.29) is 0 Å². The summed E-state index contributed by atoms with van der Waals surface area (Å²) in [5, 5.41) is 0. The number of rotatable bonds is 8. The molecule has 0 heterocycles. The Morgan fingerprint density at radius 3 is 2.46 bits per heavy atom. The predicted octanol–water partition coefficient (Wildman–Crippen LogP) is 0.922. The van der Waals surface area contributed by atoms with Gasteiger partial charge < -0.3 is 0 Å². The molecule has 1 unspecified atom stereocenters. The van der Waals surface area contributed by atoms with Gasteiger partial charge in [-0.1, -0.05) is 44.9 Å². The van der Waals surface area contributed by atoms with Gasteiger partial charge in [-0.2, -0.15) is 0 Å². The molecule has 0 N–H and O–H groups in total. The fourth-order valence-corrected chi connectivity index (χ4v) is 1.41. The molecule has 0 aromatic carbocycles. The van der Waals surface area contributed by atoms with Crippen molar-refractivity contribution in [3.8, 4) is 0 Å². The lowest BCUT2D eigenvalue weighted by Crippen LogP contribution is -2.23. The van der Waals surface area contributed by atoms with E-state index in [0.29, 0.717) is 12.4 Å². The van der Waals surface area contributed by atoms with Gasteiger partial charge in [0.2, 0.25) is 0 Å². The second-order valence-corrected chi connectivity index (χ2v) is 3.43. The van der Waals surface area contributed by atoms with Crippen LogP contribution in [0.3, 0.4) is 0 Å². The molecule has 0 aliphatic heterocycles. The van der Waals surface area contributed by atoms with Crippen LogP contribution in [-0.4, -0.2) is 43.6 Å². The lowest BCUT2D eigenvalue weighted by molar-refractivity contribution is 1.02. The van der Waals surface area contributed by atoms with Crippen LogP contribution in [0.5, 0.6) is 0 Å². The van der Waals surface area contributed by atoms with Crippen LogP contribution in [0.4, 0.5) is 0 Å². The Balaban J connectivity index is 3.72. The van der Waals surface area contributed by atoms with Gasteiger partial charge in [0.05, 0.1) is 13.8 Å². The smallest absolute Gasteiger partial charge is 0.0943 e. The van der Waals surface area contributed by atoms with Crippen LogP contribution >= 0.6 is 0 Å². The Kier molecular flexibility index (Phi) is 9.23. The highest BCUT2D eigenvalue weighted by Gasteiger charge is 2.16. The van der Waals surface area contributed by atoms with Crippen LogP contribution in [0.1, 0.15) is 13.8 Å². The van der Waals surface area contributed by atoms with Crippen molar-refractivity contribution in [2.45, 2.75) is 44.9 Å². The van der Waals surface area contributed by atoms with Crippen molar-refractivity contribution in [1.82, 2.24) is 0 Å². The molecular formula is C7H15B6. The van der Waals surface area contributed by atoms with Crippen molar-refractivity contribution in [3.05, 3.63) is 0 Å². The van der Waals surface area contributed by atoms with Gasteiger partial charge in [0, 0.05) is 22.5 Å². The van der Waals surface area contributed by atoms with E-state index in [1.165, 1.54) is 0 Å². The van der Waals surface area contributed by atoms with Crippen molar-refractivity contribution in [2.24, 2.45) is 0 Å². The maximum atomic E-state index is 6.00. The van der Waals surface area contributed by atoms with E-state index in [2.05, 4.69) is 21.1 Å². The molecule has 0 amide bonds. The van der Waals surface area contributed by atoms with Gasteiger partial charge in [0.1, 0.15) is 7.28 Å². The first-order chi connectivity index (χ1) is 6.26. The van der Waals surface area contributed by atoms with Gasteiger partial charge in [-0.05, 0) is 0 Å². The second-order valence-electron chi connectivity index (χ2n) is 3.43.